The highest BCUT2D eigenvalue weighted by Crippen LogP contribution is 2.23. The van der Waals surface area contributed by atoms with Gasteiger partial charge in [-0.05, 0) is 42.0 Å². The first-order valence-electron chi connectivity index (χ1n) is 7.51. The Morgan fingerprint density at radius 3 is 2.15 bits per heavy atom. The van der Waals surface area contributed by atoms with Gasteiger partial charge in [-0.1, -0.05) is 12.1 Å². The van der Waals surface area contributed by atoms with E-state index in [1.165, 1.54) is 36.4 Å². The van der Waals surface area contributed by atoms with E-state index in [-0.39, 0.29) is 29.6 Å². The van der Waals surface area contributed by atoms with Crippen LogP contribution in [0, 0.1) is 0 Å². The van der Waals surface area contributed by atoms with E-state index in [0.717, 1.165) is 12.1 Å². The van der Waals surface area contributed by atoms with Crippen LogP contribution in [0.3, 0.4) is 0 Å². The van der Waals surface area contributed by atoms with Crippen LogP contribution >= 0.6 is 0 Å². The number of anilines is 1. The summed E-state index contributed by atoms with van der Waals surface area (Å²) in [7, 11) is -3.77. The smallest absolute Gasteiger partial charge is 0.406 e. The van der Waals surface area contributed by atoms with Gasteiger partial charge in [-0.2, -0.15) is 0 Å². The van der Waals surface area contributed by atoms with Crippen LogP contribution in [0.5, 0.6) is 5.75 Å². The molecule has 2 aromatic rings. The molecule has 0 aromatic heterocycles. The summed E-state index contributed by atoms with van der Waals surface area (Å²) in [5, 5.41) is 10.4. The summed E-state index contributed by atoms with van der Waals surface area (Å²) in [5.74, 6) is -0.721. The van der Waals surface area contributed by atoms with Crippen molar-refractivity contribution >= 4 is 21.6 Å². The topological polar surface area (TPSA) is 111 Å². The summed E-state index contributed by atoms with van der Waals surface area (Å²) in [6.45, 7) is 0.0680. The van der Waals surface area contributed by atoms with Crippen LogP contribution in [0.25, 0.3) is 0 Å². The van der Waals surface area contributed by atoms with Gasteiger partial charge in [-0.15, -0.1) is 13.2 Å². The maximum Gasteiger partial charge on any atom is 0.573 e. The molecule has 7 nitrogen and oxygen atoms in total. The van der Waals surface area contributed by atoms with Gasteiger partial charge in [0.1, 0.15) is 5.75 Å². The van der Waals surface area contributed by atoms with Crippen LogP contribution in [0.4, 0.5) is 18.9 Å². The van der Waals surface area contributed by atoms with Gasteiger partial charge in [0, 0.05) is 12.2 Å². The number of halogens is 3. The van der Waals surface area contributed by atoms with Crippen molar-refractivity contribution in [3.05, 3.63) is 54.1 Å². The standard InChI is InChI=1S/C16H16F3N3O4S/c17-16(18,19)26-13-5-3-12(4-6-13)21-10-15(23)22-9-11-1-7-14(8-2-11)27(20,24)25/h1-8,21H,9-10H2,(H,22,23)(H2,20,24,25). The largest absolute Gasteiger partial charge is 0.573 e. The first kappa shape index (κ1) is 20.5. The molecule has 0 aliphatic heterocycles. The molecule has 146 valence electrons. The highest BCUT2D eigenvalue weighted by molar-refractivity contribution is 7.89. The van der Waals surface area contributed by atoms with Crippen molar-refractivity contribution in [2.24, 2.45) is 5.14 Å². The monoisotopic (exact) mass is 403 g/mol. The number of sulfonamides is 1. The molecule has 0 heterocycles. The van der Waals surface area contributed by atoms with Crippen molar-refractivity contribution in [2.75, 3.05) is 11.9 Å². The number of alkyl halides is 3. The Morgan fingerprint density at radius 2 is 1.63 bits per heavy atom. The van der Waals surface area contributed by atoms with Crippen LogP contribution in [0.1, 0.15) is 5.56 Å². The molecular weight excluding hydrogens is 387 g/mol. The Balaban J connectivity index is 1.79. The molecule has 1 amide bonds. The average Bonchev–Trinajstić information content (AvgIpc) is 2.57. The maximum absolute atomic E-state index is 12.1. The summed E-state index contributed by atoms with van der Waals surface area (Å²) in [6.07, 6.45) is -4.76. The molecule has 0 unspecified atom stereocenters. The number of primary sulfonamides is 1. The average molecular weight is 403 g/mol. The zero-order chi connectivity index (χ0) is 20.1. The number of carbonyl (C=O) groups excluding carboxylic acids is 1. The van der Waals surface area contributed by atoms with E-state index in [2.05, 4.69) is 15.4 Å². The van der Waals surface area contributed by atoms with Gasteiger partial charge in [0.15, 0.2) is 0 Å². The Labute approximate surface area is 153 Å². The molecule has 0 spiro atoms. The minimum Gasteiger partial charge on any atom is -0.406 e. The van der Waals surface area contributed by atoms with Crippen molar-refractivity contribution < 1.29 is 31.1 Å². The summed E-state index contributed by atoms with van der Waals surface area (Å²) in [6, 6.07) is 10.7. The van der Waals surface area contributed by atoms with Crippen molar-refractivity contribution in [1.82, 2.24) is 5.32 Å². The maximum atomic E-state index is 12.1. The van der Waals surface area contributed by atoms with Crippen LogP contribution in [0.15, 0.2) is 53.4 Å². The molecule has 2 aromatic carbocycles. The lowest BCUT2D eigenvalue weighted by Gasteiger charge is -2.11. The van der Waals surface area contributed by atoms with Crippen molar-refractivity contribution in [3.8, 4) is 5.75 Å². The fourth-order valence-electron chi connectivity index (χ4n) is 2.02. The van der Waals surface area contributed by atoms with Gasteiger partial charge in [0.05, 0.1) is 11.4 Å². The van der Waals surface area contributed by atoms with Gasteiger partial charge in [-0.25, -0.2) is 13.6 Å². The Kier molecular flexibility index (Phi) is 6.28. The molecule has 0 aliphatic carbocycles. The van der Waals surface area contributed by atoms with Gasteiger partial charge in [0.25, 0.3) is 0 Å². The Bertz CT molecular complexity index is 883. The molecule has 2 rings (SSSR count). The van der Waals surface area contributed by atoms with Crippen LogP contribution in [0.2, 0.25) is 0 Å². The van der Waals surface area contributed by atoms with E-state index in [9.17, 15) is 26.4 Å². The van der Waals surface area contributed by atoms with Crippen LogP contribution in [-0.2, 0) is 21.4 Å². The van der Waals surface area contributed by atoms with Crippen LogP contribution in [-0.4, -0.2) is 27.2 Å². The quantitative estimate of drug-likeness (QED) is 0.655. The Hall–Kier alpha value is -2.79. The first-order chi connectivity index (χ1) is 12.5. The molecule has 4 N–H and O–H groups in total. The number of carbonyl (C=O) groups is 1. The third kappa shape index (κ3) is 7.15. The minimum absolute atomic E-state index is 0.0304. The highest BCUT2D eigenvalue weighted by Gasteiger charge is 2.30. The Morgan fingerprint density at radius 1 is 1.04 bits per heavy atom. The lowest BCUT2D eigenvalue weighted by molar-refractivity contribution is -0.274. The number of amides is 1. The van der Waals surface area contributed by atoms with Gasteiger partial charge in [0.2, 0.25) is 15.9 Å². The second kappa shape index (κ2) is 8.27. The summed E-state index contributed by atoms with van der Waals surface area (Å²) < 4.78 is 62.3. The number of hydrogen-bond donors (Lipinski definition) is 3. The van der Waals surface area contributed by atoms with E-state index in [0.29, 0.717) is 11.3 Å². The fraction of sp³-hybridized carbons (Fsp3) is 0.188. The lowest BCUT2D eigenvalue weighted by Crippen LogP contribution is -2.29. The molecule has 0 fully saturated rings. The van der Waals surface area contributed by atoms with Gasteiger partial charge in [-0.3, -0.25) is 4.79 Å². The second-order valence-electron chi connectivity index (χ2n) is 5.39. The molecule has 0 aliphatic rings. The number of ether oxygens (including phenoxy) is 1. The zero-order valence-corrected chi connectivity index (χ0v) is 14.6. The second-order valence-corrected chi connectivity index (χ2v) is 6.95. The van der Waals surface area contributed by atoms with E-state index in [1.807, 2.05) is 0 Å². The predicted molar refractivity (Wildman–Crippen MR) is 91.3 cm³/mol. The van der Waals surface area contributed by atoms with Crippen LogP contribution < -0.4 is 20.5 Å². The number of nitrogens with one attached hydrogen (secondary N) is 2. The molecule has 0 radical (unpaired) electrons. The number of rotatable bonds is 7. The van der Waals surface area contributed by atoms with Gasteiger partial charge >= 0.3 is 6.36 Å². The minimum atomic E-state index is -4.76. The number of benzene rings is 2. The van der Waals surface area contributed by atoms with E-state index in [4.69, 9.17) is 5.14 Å². The molecule has 11 heteroatoms. The third-order valence-corrected chi connectivity index (χ3v) is 4.21. The molecule has 0 bridgehead atoms. The SMILES string of the molecule is NS(=O)(=O)c1ccc(CNC(=O)CNc2ccc(OC(F)(F)F)cc2)cc1. The van der Waals surface area contributed by atoms with Gasteiger partial charge < -0.3 is 15.4 Å². The molecular formula is C16H16F3N3O4S. The number of nitrogens with two attached hydrogens (primary N) is 1. The summed E-state index contributed by atoms with van der Waals surface area (Å²) >= 11 is 0. The van der Waals surface area contributed by atoms with Crippen molar-refractivity contribution in [3.63, 3.8) is 0 Å². The lowest BCUT2D eigenvalue weighted by atomic mass is 10.2. The third-order valence-electron chi connectivity index (χ3n) is 3.28. The van der Waals surface area contributed by atoms with Crippen molar-refractivity contribution in [2.45, 2.75) is 17.8 Å². The van der Waals surface area contributed by atoms with E-state index in [1.54, 1.807) is 0 Å². The predicted octanol–water partition coefficient (Wildman–Crippen LogP) is 1.96. The van der Waals surface area contributed by atoms with E-state index < -0.39 is 16.4 Å². The number of hydrogen-bond acceptors (Lipinski definition) is 5. The molecule has 0 saturated heterocycles. The normalized spacial score (nSPS) is 11.7. The molecule has 0 atom stereocenters. The summed E-state index contributed by atoms with van der Waals surface area (Å²) in [4.78, 5) is 11.8. The highest BCUT2D eigenvalue weighted by atomic mass is 32.2. The molecule has 0 saturated carbocycles. The first-order valence-corrected chi connectivity index (χ1v) is 9.06. The zero-order valence-electron chi connectivity index (χ0n) is 13.8. The molecule has 27 heavy (non-hydrogen) atoms. The van der Waals surface area contributed by atoms with E-state index >= 15 is 0 Å². The van der Waals surface area contributed by atoms with Crippen molar-refractivity contribution in [1.29, 1.82) is 0 Å². The fourth-order valence-corrected chi connectivity index (χ4v) is 2.53. The summed E-state index contributed by atoms with van der Waals surface area (Å²) in [5.41, 5.74) is 1.11.